The lowest BCUT2D eigenvalue weighted by Crippen LogP contribution is -2.50. The first-order valence-corrected chi connectivity index (χ1v) is 14.4. The quantitative estimate of drug-likeness (QED) is 0.539. The number of amides is 2. The van der Waals surface area contributed by atoms with E-state index in [1.807, 2.05) is 0 Å². The van der Waals surface area contributed by atoms with Crippen molar-refractivity contribution in [3.05, 3.63) is 59.7 Å². The normalized spacial score (nSPS) is 24.2. The third-order valence-corrected chi connectivity index (χ3v) is 8.29. The lowest BCUT2D eigenvalue weighted by Gasteiger charge is -2.40. The highest BCUT2D eigenvalue weighted by molar-refractivity contribution is 7.90. The molecular weight excluding hydrogens is 496 g/mol. The predicted octanol–water partition coefficient (Wildman–Crippen LogP) is 2.61. The van der Waals surface area contributed by atoms with E-state index in [1.165, 1.54) is 12.3 Å². The number of carboxylic acid groups (broad SMARTS) is 1. The van der Waals surface area contributed by atoms with Gasteiger partial charge in [0.05, 0.1) is 17.4 Å². The van der Waals surface area contributed by atoms with Gasteiger partial charge in [0.1, 0.15) is 15.9 Å². The predicted molar refractivity (Wildman–Crippen MR) is 138 cm³/mol. The number of rotatable bonds is 8. The molecule has 1 saturated heterocycles. The molecule has 2 fully saturated rings. The summed E-state index contributed by atoms with van der Waals surface area (Å²) in [5, 5.41) is 12.1. The molecule has 2 aromatic carbocycles. The van der Waals surface area contributed by atoms with E-state index in [4.69, 9.17) is 4.74 Å². The summed E-state index contributed by atoms with van der Waals surface area (Å²) in [6.45, 7) is 0.453. The Labute approximate surface area is 216 Å². The monoisotopic (exact) mass is 528 g/mol. The second-order valence-corrected chi connectivity index (χ2v) is 12.1. The number of nitrogens with one attached hydrogen (secondary N) is 1. The maximum absolute atomic E-state index is 13.3. The summed E-state index contributed by atoms with van der Waals surface area (Å²) in [6, 6.07) is 12.4. The Morgan fingerprint density at radius 2 is 1.70 bits per heavy atom. The van der Waals surface area contributed by atoms with E-state index in [2.05, 4.69) is 5.32 Å². The molecule has 1 heterocycles. The minimum atomic E-state index is -3.23. The molecule has 2 aromatic rings. The number of carboxylic acids is 1. The number of hydrogen-bond acceptors (Lipinski definition) is 6. The van der Waals surface area contributed by atoms with Crippen LogP contribution in [0.3, 0.4) is 0 Å². The molecule has 4 atom stereocenters. The van der Waals surface area contributed by atoms with E-state index in [0.29, 0.717) is 42.5 Å². The molecule has 1 aliphatic carbocycles. The maximum atomic E-state index is 13.3. The van der Waals surface area contributed by atoms with Gasteiger partial charge in [-0.3, -0.25) is 9.59 Å². The van der Waals surface area contributed by atoms with Crippen molar-refractivity contribution in [2.75, 3.05) is 25.7 Å². The number of aromatic carboxylic acids is 1. The highest BCUT2D eigenvalue weighted by Crippen LogP contribution is 2.33. The molecule has 1 aliphatic heterocycles. The molecule has 2 amide bonds. The highest BCUT2D eigenvalue weighted by atomic mass is 32.2. The van der Waals surface area contributed by atoms with E-state index in [0.717, 1.165) is 6.42 Å². The molecule has 0 bridgehead atoms. The summed E-state index contributed by atoms with van der Waals surface area (Å²) in [4.78, 5) is 39.4. The topological polar surface area (TPSA) is 130 Å². The molecule has 10 heteroatoms. The first-order valence-electron chi connectivity index (χ1n) is 12.3. The van der Waals surface area contributed by atoms with Crippen LogP contribution < -0.4 is 5.32 Å². The molecule has 0 radical (unpaired) electrons. The number of likely N-dealkylation sites (tertiary alicyclic amines) is 1. The summed E-state index contributed by atoms with van der Waals surface area (Å²) >= 11 is 0. The Morgan fingerprint density at radius 1 is 1.05 bits per heavy atom. The molecule has 9 nitrogen and oxygen atoms in total. The average molecular weight is 529 g/mol. The van der Waals surface area contributed by atoms with Crippen LogP contribution in [-0.2, 0) is 19.4 Å². The summed E-state index contributed by atoms with van der Waals surface area (Å²) in [5.41, 5.74) is 1.87. The summed E-state index contributed by atoms with van der Waals surface area (Å²) < 4.78 is 29.6. The van der Waals surface area contributed by atoms with Crippen LogP contribution >= 0.6 is 0 Å². The zero-order chi connectivity index (χ0) is 26.7. The summed E-state index contributed by atoms with van der Waals surface area (Å²) in [6.07, 6.45) is 3.60. The fourth-order valence-electron chi connectivity index (χ4n) is 5.48. The Hall–Kier alpha value is -3.24. The van der Waals surface area contributed by atoms with Crippen molar-refractivity contribution in [1.82, 2.24) is 10.2 Å². The minimum Gasteiger partial charge on any atom is -0.478 e. The van der Waals surface area contributed by atoms with Gasteiger partial charge in [-0.25, -0.2) is 13.2 Å². The first kappa shape index (κ1) is 26.8. The number of ether oxygens (including phenoxy) is 1. The smallest absolute Gasteiger partial charge is 0.335 e. The zero-order valence-electron chi connectivity index (χ0n) is 20.9. The number of benzene rings is 2. The van der Waals surface area contributed by atoms with Gasteiger partial charge in [-0.2, -0.15) is 0 Å². The van der Waals surface area contributed by atoms with Crippen molar-refractivity contribution in [3.63, 3.8) is 0 Å². The minimum absolute atomic E-state index is 0.00575. The summed E-state index contributed by atoms with van der Waals surface area (Å²) in [7, 11) is -1.62. The molecule has 4 rings (SSSR count). The third kappa shape index (κ3) is 6.37. The van der Waals surface area contributed by atoms with E-state index in [-0.39, 0.29) is 35.3 Å². The Morgan fingerprint density at radius 3 is 2.32 bits per heavy atom. The Kier molecular flexibility index (Phi) is 7.99. The zero-order valence-corrected chi connectivity index (χ0v) is 21.7. The molecule has 2 aliphatic rings. The lowest BCUT2D eigenvalue weighted by atomic mass is 9.83. The van der Waals surface area contributed by atoms with E-state index < -0.39 is 27.8 Å². The van der Waals surface area contributed by atoms with E-state index >= 15 is 0 Å². The van der Waals surface area contributed by atoms with E-state index in [1.54, 1.807) is 54.5 Å². The van der Waals surface area contributed by atoms with Gasteiger partial charge in [0.2, 0.25) is 5.91 Å². The third-order valence-electron chi connectivity index (χ3n) is 7.26. The first-order chi connectivity index (χ1) is 17.6. The summed E-state index contributed by atoms with van der Waals surface area (Å²) in [5.74, 6) is -1.85. The van der Waals surface area contributed by atoms with Crippen molar-refractivity contribution < 1.29 is 32.6 Å². The fraction of sp³-hybridized carbons (Fsp3) is 0.444. The molecule has 37 heavy (non-hydrogen) atoms. The van der Waals surface area contributed by atoms with Crippen LogP contribution in [0.4, 0.5) is 0 Å². The number of carbonyl (C=O) groups excluding carboxylic acids is 2. The van der Waals surface area contributed by atoms with Gasteiger partial charge in [-0.15, -0.1) is 0 Å². The number of carbonyl (C=O) groups is 3. The van der Waals surface area contributed by atoms with Crippen LogP contribution in [0, 0.1) is 5.92 Å². The number of nitrogens with zero attached hydrogens (tertiary/aromatic N) is 1. The van der Waals surface area contributed by atoms with Crippen LogP contribution in [0.15, 0.2) is 48.5 Å². The van der Waals surface area contributed by atoms with Crippen molar-refractivity contribution in [2.45, 2.75) is 43.9 Å². The highest BCUT2D eigenvalue weighted by Gasteiger charge is 2.43. The number of methoxy groups -OCH3 is 1. The van der Waals surface area contributed by atoms with Crippen LogP contribution in [0.2, 0.25) is 0 Å². The molecular formula is C27H32N2O7S. The maximum Gasteiger partial charge on any atom is 0.335 e. The van der Waals surface area contributed by atoms with Gasteiger partial charge in [0.25, 0.3) is 5.91 Å². The largest absolute Gasteiger partial charge is 0.478 e. The molecule has 2 N–H and O–H groups in total. The number of sulfone groups is 1. The standard InChI is InChI=1S/C27H32N2O7S/c1-36-22-9-10-24(21(15-22)16-37(2,34)35)29-12-11-23(26(29)31)28-25(30)19-7-3-5-17(13-19)18-6-4-8-20(14-18)27(32)33/h3-8,13-14,21-24H,9-12,15-16H2,1-2H3,(H,28,30)(H,32,33)/t21-,22+,23-,24-/m0/s1. The van der Waals surface area contributed by atoms with Gasteiger partial charge in [0.15, 0.2) is 0 Å². The molecule has 0 aromatic heterocycles. The van der Waals surface area contributed by atoms with Crippen molar-refractivity contribution >= 4 is 27.6 Å². The van der Waals surface area contributed by atoms with Crippen LogP contribution in [-0.4, -0.2) is 80.1 Å². The van der Waals surface area contributed by atoms with Gasteiger partial charge < -0.3 is 20.1 Å². The van der Waals surface area contributed by atoms with Gasteiger partial charge in [-0.1, -0.05) is 24.3 Å². The Balaban J connectivity index is 1.46. The second kappa shape index (κ2) is 11.0. The van der Waals surface area contributed by atoms with Gasteiger partial charge in [0, 0.05) is 31.5 Å². The van der Waals surface area contributed by atoms with Crippen LogP contribution in [0.5, 0.6) is 0 Å². The number of hydrogen-bond donors (Lipinski definition) is 2. The molecule has 198 valence electrons. The second-order valence-electron chi connectivity index (χ2n) is 9.90. The van der Waals surface area contributed by atoms with Crippen molar-refractivity contribution in [1.29, 1.82) is 0 Å². The molecule has 0 spiro atoms. The van der Waals surface area contributed by atoms with Crippen molar-refractivity contribution in [3.8, 4) is 11.1 Å². The van der Waals surface area contributed by atoms with E-state index in [9.17, 15) is 27.9 Å². The molecule has 1 saturated carbocycles. The van der Waals surface area contributed by atoms with Crippen LogP contribution in [0.1, 0.15) is 46.4 Å². The lowest BCUT2D eigenvalue weighted by molar-refractivity contribution is -0.133. The van der Waals surface area contributed by atoms with Crippen LogP contribution in [0.25, 0.3) is 11.1 Å². The van der Waals surface area contributed by atoms with Gasteiger partial charge in [-0.05, 0) is 67.0 Å². The van der Waals surface area contributed by atoms with Crippen molar-refractivity contribution in [2.24, 2.45) is 5.92 Å². The Bertz CT molecular complexity index is 1290. The fourth-order valence-corrected chi connectivity index (χ4v) is 6.61. The SMILES string of the molecule is CO[C@@H]1CC[C@H](N2CC[C@H](NC(=O)c3cccc(-c4cccc(C(=O)O)c4)c3)C2=O)[C@H](CS(C)(=O)=O)C1. The van der Waals surface area contributed by atoms with Gasteiger partial charge >= 0.3 is 5.97 Å². The average Bonchev–Trinajstić information content (AvgIpc) is 3.22. The molecule has 0 unspecified atom stereocenters.